The zero-order chi connectivity index (χ0) is 20.4. The summed E-state index contributed by atoms with van der Waals surface area (Å²) >= 11 is 5.96. The molecule has 2 rings (SSSR count). The first kappa shape index (κ1) is 21.8. The van der Waals surface area contributed by atoms with Gasteiger partial charge in [0.15, 0.2) is 6.61 Å². The molecule has 2 aromatic carbocycles. The second-order valence-corrected chi connectivity index (χ2v) is 6.90. The summed E-state index contributed by atoms with van der Waals surface area (Å²) < 4.78 is 5.62. The zero-order valence-electron chi connectivity index (χ0n) is 16.4. The smallest absolute Gasteiger partial charge is 0.261 e. The molecule has 0 heterocycles. The van der Waals surface area contributed by atoms with Gasteiger partial charge in [0.1, 0.15) is 11.8 Å². The number of halogens is 1. The molecule has 2 aromatic rings. The molecule has 28 heavy (non-hydrogen) atoms. The van der Waals surface area contributed by atoms with Gasteiger partial charge in [-0.3, -0.25) is 9.59 Å². The van der Waals surface area contributed by atoms with Gasteiger partial charge in [0.2, 0.25) is 5.91 Å². The molecule has 2 amide bonds. The van der Waals surface area contributed by atoms with Crippen molar-refractivity contribution in [3.8, 4) is 5.75 Å². The lowest BCUT2D eigenvalue weighted by molar-refractivity contribution is -0.143. The van der Waals surface area contributed by atoms with Gasteiger partial charge in [-0.1, -0.05) is 55.8 Å². The van der Waals surface area contributed by atoms with E-state index in [4.69, 9.17) is 16.3 Å². The molecular weight excluding hydrogens is 376 g/mol. The molecular formula is C22H27ClN2O3. The molecule has 0 radical (unpaired) electrons. The molecule has 5 nitrogen and oxygen atoms in total. The second-order valence-electron chi connectivity index (χ2n) is 6.46. The van der Waals surface area contributed by atoms with Crippen LogP contribution in [0.2, 0.25) is 5.02 Å². The van der Waals surface area contributed by atoms with Crippen LogP contribution >= 0.6 is 11.6 Å². The van der Waals surface area contributed by atoms with Gasteiger partial charge in [0.25, 0.3) is 5.91 Å². The van der Waals surface area contributed by atoms with E-state index < -0.39 is 6.04 Å². The Balaban J connectivity index is 2.16. The summed E-state index contributed by atoms with van der Waals surface area (Å²) in [5.74, 6) is 0.231. The van der Waals surface area contributed by atoms with E-state index in [2.05, 4.69) is 5.32 Å². The summed E-state index contributed by atoms with van der Waals surface area (Å²) in [5, 5.41) is 3.52. The lowest BCUT2D eigenvalue weighted by Gasteiger charge is -2.30. The Labute approximate surface area is 171 Å². The van der Waals surface area contributed by atoms with E-state index in [9.17, 15) is 9.59 Å². The van der Waals surface area contributed by atoms with Crippen LogP contribution in [0, 0.1) is 0 Å². The third-order valence-corrected chi connectivity index (χ3v) is 4.56. The number of benzene rings is 2. The van der Waals surface area contributed by atoms with Crippen LogP contribution in [0.25, 0.3) is 0 Å². The number of carbonyl (C=O) groups excluding carboxylic acids is 2. The largest absolute Gasteiger partial charge is 0.484 e. The maximum absolute atomic E-state index is 13.0. The van der Waals surface area contributed by atoms with E-state index in [1.165, 1.54) is 0 Å². The van der Waals surface area contributed by atoms with Gasteiger partial charge in [-0.2, -0.15) is 0 Å². The summed E-state index contributed by atoms with van der Waals surface area (Å²) in [6.45, 7) is 4.65. The van der Waals surface area contributed by atoms with Crippen LogP contribution in [0.3, 0.4) is 0 Å². The number of nitrogens with one attached hydrogen (secondary N) is 1. The fourth-order valence-corrected chi connectivity index (χ4v) is 2.94. The number of amides is 2. The van der Waals surface area contributed by atoms with E-state index in [1.807, 2.05) is 44.2 Å². The standard InChI is InChI=1S/C22H27ClN2O3/c1-3-14-24-22(27)20(4-2)25(15-17-10-12-18(23)13-11-17)21(26)16-28-19-8-6-5-7-9-19/h5-13,20H,3-4,14-16H2,1-2H3,(H,24,27)/t20-/m0/s1. The minimum Gasteiger partial charge on any atom is -0.484 e. The van der Waals surface area contributed by atoms with Crippen LogP contribution in [-0.4, -0.2) is 35.9 Å². The molecule has 0 fully saturated rings. The van der Waals surface area contributed by atoms with Crippen molar-refractivity contribution in [1.82, 2.24) is 10.2 Å². The summed E-state index contributed by atoms with van der Waals surface area (Å²) in [7, 11) is 0. The predicted octanol–water partition coefficient (Wildman–Crippen LogP) is 4.05. The molecule has 0 spiro atoms. The molecule has 0 saturated carbocycles. The topological polar surface area (TPSA) is 58.6 Å². The van der Waals surface area contributed by atoms with Crippen molar-refractivity contribution >= 4 is 23.4 Å². The van der Waals surface area contributed by atoms with Gasteiger partial charge in [-0.15, -0.1) is 0 Å². The van der Waals surface area contributed by atoms with Crippen molar-refractivity contribution in [2.75, 3.05) is 13.2 Å². The second kappa shape index (κ2) is 11.3. The zero-order valence-corrected chi connectivity index (χ0v) is 17.1. The summed E-state index contributed by atoms with van der Waals surface area (Å²) in [4.78, 5) is 27.2. The van der Waals surface area contributed by atoms with Gasteiger partial charge >= 0.3 is 0 Å². The van der Waals surface area contributed by atoms with Crippen LogP contribution < -0.4 is 10.1 Å². The SMILES string of the molecule is CCCNC(=O)[C@H](CC)N(Cc1ccc(Cl)cc1)C(=O)COc1ccccc1. The maximum Gasteiger partial charge on any atom is 0.261 e. The van der Waals surface area contributed by atoms with Crippen LogP contribution in [0.15, 0.2) is 54.6 Å². The van der Waals surface area contributed by atoms with Gasteiger partial charge in [0, 0.05) is 18.1 Å². The summed E-state index contributed by atoms with van der Waals surface area (Å²) in [6, 6.07) is 15.9. The number of hydrogen-bond donors (Lipinski definition) is 1. The lowest BCUT2D eigenvalue weighted by Crippen LogP contribution is -2.50. The molecule has 0 aliphatic heterocycles. The fourth-order valence-electron chi connectivity index (χ4n) is 2.82. The number of hydrogen-bond acceptors (Lipinski definition) is 3. The highest BCUT2D eigenvalue weighted by Crippen LogP contribution is 2.16. The van der Waals surface area contributed by atoms with E-state index >= 15 is 0 Å². The van der Waals surface area contributed by atoms with Crippen molar-refractivity contribution in [2.24, 2.45) is 0 Å². The van der Waals surface area contributed by atoms with E-state index in [-0.39, 0.29) is 18.4 Å². The molecule has 0 aliphatic rings. The Bertz CT molecular complexity index is 750. The van der Waals surface area contributed by atoms with Gasteiger partial charge < -0.3 is 15.0 Å². The average molecular weight is 403 g/mol. The monoisotopic (exact) mass is 402 g/mol. The Morgan fingerprint density at radius 3 is 2.36 bits per heavy atom. The molecule has 6 heteroatoms. The first-order valence-corrected chi connectivity index (χ1v) is 9.92. The Morgan fingerprint density at radius 1 is 1.07 bits per heavy atom. The Morgan fingerprint density at radius 2 is 1.75 bits per heavy atom. The van der Waals surface area contributed by atoms with Crippen molar-refractivity contribution in [3.05, 3.63) is 65.2 Å². The minimum absolute atomic E-state index is 0.130. The molecule has 0 bridgehead atoms. The highest BCUT2D eigenvalue weighted by molar-refractivity contribution is 6.30. The third-order valence-electron chi connectivity index (χ3n) is 4.31. The van der Waals surface area contributed by atoms with E-state index in [0.29, 0.717) is 30.3 Å². The van der Waals surface area contributed by atoms with E-state index in [0.717, 1.165) is 12.0 Å². The number of rotatable bonds is 10. The Kier molecular flexibility index (Phi) is 8.82. The fraction of sp³-hybridized carbons (Fsp3) is 0.364. The summed E-state index contributed by atoms with van der Waals surface area (Å²) in [5.41, 5.74) is 0.902. The quantitative estimate of drug-likeness (QED) is 0.652. The number of ether oxygens (including phenoxy) is 1. The van der Waals surface area contributed by atoms with Crippen LogP contribution in [-0.2, 0) is 16.1 Å². The van der Waals surface area contributed by atoms with Crippen LogP contribution in [0.5, 0.6) is 5.75 Å². The molecule has 0 aromatic heterocycles. The molecule has 0 aliphatic carbocycles. The Hall–Kier alpha value is -2.53. The van der Waals surface area contributed by atoms with Crippen molar-refractivity contribution in [3.63, 3.8) is 0 Å². The van der Waals surface area contributed by atoms with Crippen molar-refractivity contribution in [2.45, 2.75) is 39.3 Å². The highest BCUT2D eigenvalue weighted by atomic mass is 35.5. The number of nitrogens with zero attached hydrogens (tertiary/aromatic N) is 1. The normalized spacial score (nSPS) is 11.5. The predicted molar refractivity (Wildman–Crippen MR) is 111 cm³/mol. The van der Waals surface area contributed by atoms with Gasteiger partial charge in [0.05, 0.1) is 0 Å². The summed E-state index contributed by atoms with van der Waals surface area (Å²) in [6.07, 6.45) is 1.35. The van der Waals surface area contributed by atoms with Crippen LogP contribution in [0.1, 0.15) is 32.3 Å². The molecule has 1 atom stereocenters. The third kappa shape index (κ3) is 6.57. The first-order chi connectivity index (χ1) is 13.5. The lowest BCUT2D eigenvalue weighted by atomic mass is 10.1. The maximum atomic E-state index is 13.0. The number of para-hydroxylation sites is 1. The molecule has 0 unspecified atom stereocenters. The first-order valence-electron chi connectivity index (χ1n) is 9.54. The van der Waals surface area contributed by atoms with Crippen molar-refractivity contribution in [1.29, 1.82) is 0 Å². The van der Waals surface area contributed by atoms with Gasteiger partial charge in [-0.25, -0.2) is 0 Å². The molecule has 1 N–H and O–H groups in total. The minimum atomic E-state index is -0.561. The number of carbonyl (C=O) groups is 2. The van der Waals surface area contributed by atoms with Crippen molar-refractivity contribution < 1.29 is 14.3 Å². The molecule has 150 valence electrons. The highest BCUT2D eigenvalue weighted by Gasteiger charge is 2.28. The van der Waals surface area contributed by atoms with Gasteiger partial charge in [-0.05, 0) is 42.7 Å². The average Bonchev–Trinajstić information content (AvgIpc) is 2.72. The van der Waals surface area contributed by atoms with E-state index in [1.54, 1.807) is 29.2 Å². The van der Waals surface area contributed by atoms with Crippen LogP contribution in [0.4, 0.5) is 0 Å². The molecule has 0 saturated heterocycles.